The van der Waals surface area contributed by atoms with Gasteiger partial charge in [0, 0.05) is 12.5 Å². The first kappa shape index (κ1) is 16.4. The number of carbonyl (C=O) groups is 1. The monoisotopic (exact) mass is 271 g/mol. The lowest BCUT2D eigenvalue weighted by molar-refractivity contribution is -0.125. The summed E-state index contributed by atoms with van der Waals surface area (Å²) in [7, 11) is 0. The highest BCUT2D eigenvalue weighted by atomic mass is 16.5. The lowest BCUT2D eigenvalue weighted by Crippen LogP contribution is -2.37. The van der Waals surface area contributed by atoms with Crippen LogP contribution in [0.1, 0.15) is 65.2 Å². The van der Waals surface area contributed by atoms with E-state index in [0.717, 1.165) is 12.8 Å². The van der Waals surface area contributed by atoms with Gasteiger partial charge >= 0.3 is 0 Å². The number of carbonyl (C=O) groups excluding carboxylic acids is 1. The van der Waals surface area contributed by atoms with E-state index in [9.17, 15) is 4.79 Å². The lowest BCUT2D eigenvalue weighted by atomic mass is 9.96. The minimum atomic E-state index is -0.555. The largest absolute Gasteiger partial charge is 0.393 e. The Morgan fingerprint density at radius 3 is 2.37 bits per heavy atom. The number of aliphatic hydroxyl groups excluding tert-OH is 1. The zero-order valence-electron chi connectivity index (χ0n) is 12.4. The molecular formula is C15H29NO3. The average Bonchev–Trinajstić information content (AvgIpc) is 2.32. The molecule has 1 amide bonds. The van der Waals surface area contributed by atoms with Gasteiger partial charge in [0.1, 0.15) is 0 Å². The summed E-state index contributed by atoms with van der Waals surface area (Å²) in [5, 5.41) is 12.2. The van der Waals surface area contributed by atoms with E-state index in [1.54, 1.807) is 0 Å². The predicted octanol–water partition coefficient (Wildman–Crippen LogP) is 2.39. The van der Waals surface area contributed by atoms with Gasteiger partial charge in [-0.15, -0.1) is 0 Å². The van der Waals surface area contributed by atoms with Crippen molar-refractivity contribution in [2.75, 3.05) is 13.2 Å². The third-order valence-corrected chi connectivity index (χ3v) is 3.67. The molecule has 0 aromatic carbocycles. The van der Waals surface area contributed by atoms with Crippen LogP contribution in [0.2, 0.25) is 0 Å². The number of ether oxygens (including phenoxy) is 1. The maximum atomic E-state index is 11.8. The maximum Gasteiger partial charge on any atom is 0.222 e. The van der Waals surface area contributed by atoms with E-state index < -0.39 is 5.60 Å². The Labute approximate surface area is 116 Å². The molecule has 0 aromatic rings. The van der Waals surface area contributed by atoms with Crippen LogP contribution in [0.25, 0.3) is 0 Å². The van der Waals surface area contributed by atoms with Crippen molar-refractivity contribution in [2.45, 2.75) is 76.9 Å². The summed E-state index contributed by atoms with van der Waals surface area (Å²) < 4.78 is 5.47. The molecule has 0 radical (unpaired) electrons. The topological polar surface area (TPSA) is 58.6 Å². The summed E-state index contributed by atoms with van der Waals surface area (Å²) in [6.07, 6.45) is 8.95. The highest BCUT2D eigenvalue weighted by Gasteiger charge is 2.18. The molecule has 0 aliphatic heterocycles. The molecule has 0 aromatic heterocycles. The molecule has 1 rings (SSSR count). The van der Waals surface area contributed by atoms with E-state index in [-0.39, 0.29) is 12.5 Å². The average molecular weight is 271 g/mol. The van der Waals surface area contributed by atoms with Gasteiger partial charge in [-0.25, -0.2) is 0 Å². The molecule has 4 nitrogen and oxygen atoms in total. The molecule has 112 valence electrons. The Hall–Kier alpha value is -0.610. The standard InChI is InChI=1S/C15H29NO3/c1-15(2,12-17)19-11-10-14(18)16-13-8-6-4-3-5-7-9-13/h13,17H,3-12H2,1-2H3,(H,16,18). The zero-order chi connectivity index (χ0) is 14.1. The van der Waals surface area contributed by atoms with Crippen molar-refractivity contribution in [2.24, 2.45) is 0 Å². The minimum Gasteiger partial charge on any atom is -0.393 e. The highest BCUT2D eigenvalue weighted by Crippen LogP contribution is 2.17. The molecule has 0 bridgehead atoms. The molecule has 0 heterocycles. The van der Waals surface area contributed by atoms with E-state index in [1.807, 2.05) is 13.8 Å². The number of hydrogen-bond acceptors (Lipinski definition) is 3. The van der Waals surface area contributed by atoms with Gasteiger partial charge in [0.25, 0.3) is 0 Å². The molecule has 0 spiro atoms. The number of nitrogens with one attached hydrogen (secondary N) is 1. The highest BCUT2D eigenvalue weighted by molar-refractivity contribution is 5.76. The molecule has 2 N–H and O–H groups in total. The van der Waals surface area contributed by atoms with Gasteiger partial charge in [0.15, 0.2) is 0 Å². The summed E-state index contributed by atoms with van der Waals surface area (Å²) in [5.74, 6) is 0.0688. The van der Waals surface area contributed by atoms with Crippen LogP contribution in [0, 0.1) is 0 Å². The Morgan fingerprint density at radius 1 is 1.21 bits per heavy atom. The number of aliphatic hydroxyl groups is 1. The van der Waals surface area contributed by atoms with Crippen molar-refractivity contribution in [3.05, 3.63) is 0 Å². The Bertz CT molecular complexity index is 258. The zero-order valence-corrected chi connectivity index (χ0v) is 12.4. The second-order valence-electron chi connectivity index (χ2n) is 6.13. The SMILES string of the molecule is CC(C)(CO)OCCC(=O)NC1CCCCCCC1. The van der Waals surface area contributed by atoms with Crippen LogP contribution in [0.15, 0.2) is 0 Å². The molecule has 1 fully saturated rings. The van der Waals surface area contributed by atoms with E-state index in [0.29, 0.717) is 19.1 Å². The van der Waals surface area contributed by atoms with E-state index in [1.165, 1.54) is 32.1 Å². The van der Waals surface area contributed by atoms with Crippen molar-refractivity contribution in [3.63, 3.8) is 0 Å². The first-order chi connectivity index (χ1) is 9.03. The Kier molecular flexibility index (Phi) is 7.39. The molecule has 0 atom stereocenters. The molecule has 0 unspecified atom stereocenters. The minimum absolute atomic E-state index is 0.0305. The van der Waals surface area contributed by atoms with Gasteiger partial charge in [-0.3, -0.25) is 4.79 Å². The summed E-state index contributed by atoms with van der Waals surface area (Å²) in [4.78, 5) is 11.8. The second-order valence-corrected chi connectivity index (χ2v) is 6.13. The first-order valence-electron chi connectivity index (χ1n) is 7.58. The van der Waals surface area contributed by atoms with Crippen LogP contribution < -0.4 is 5.32 Å². The van der Waals surface area contributed by atoms with Gasteiger partial charge in [-0.05, 0) is 26.7 Å². The quantitative estimate of drug-likeness (QED) is 0.780. The molecule has 0 saturated heterocycles. The number of amides is 1. The summed E-state index contributed by atoms with van der Waals surface area (Å²) in [6, 6.07) is 0.346. The smallest absolute Gasteiger partial charge is 0.222 e. The fourth-order valence-corrected chi connectivity index (χ4v) is 2.37. The van der Waals surface area contributed by atoms with Crippen molar-refractivity contribution < 1.29 is 14.6 Å². The fourth-order valence-electron chi connectivity index (χ4n) is 2.37. The number of rotatable bonds is 6. The Morgan fingerprint density at radius 2 is 1.79 bits per heavy atom. The predicted molar refractivity (Wildman–Crippen MR) is 76.0 cm³/mol. The van der Waals surface area contributed by atoms with Crippen LogP contribution in [0.4, 0.5) is 0 Å². The van der Waals surface area contributed by atoms with Crippen LogP contribution in [0.3, 0.4) is 0 Å². The number of hydrogen-bond donors (Lipinski definition) is 2. The molecule has 1 aliphatic rings. The molecular weight excluding hydrogens is 242 g/mol. The van der Waals surface area contributed by atoms with Crippen molar-refractivity contribution in [1.29, 1.82) is 0 Å². The van der Waals surface area contributed by atoms with Crippen molar-refractivity contribution >= 4 is 5.91 Å². The van der Waals surface area contributed by atoms with Crippen LogP contribution in [-0.4, -0.2) is 35.9 Å². The molecule has 1 aliphatic carbocycles. The van der Waals surface area contributed by atoms with Gasteiger partial charge in [-0.1, -0.05) is 32.1 Å². The van der Waals surface area contributed by atoms with Gasteiger partial charge < -0.3 is 15.2 Å². The third-order valence-electron chi connectivity index (χ3n) is 3.67. The third kappa shape index (κ3) is 7.53. The van der Waals surface area contributed by atoms with Crippen molar-refractivity contribution in [3.8, 4) is 0 Å². The Balaban J connectivity index is 2.18. The summed E-state index contributed by atoms with van der Waals surface area (Å²) in [5.41, 5.74) is -0.555. The van der Waals surface area contributed by atoms with Crippen LogP contribution in [0.5, 0.6) is 0 Å². The second kappa shape index (κ2) is 8.54. The van der Waals surface area contributed by atoms with Gasteiger partial charge in [-0.2, -0.15) is 0 Å². The molecule has 4 heteroatoms. The first-order valence-corrected chi connectivity index (χ1v) is 7.58. The normalized spacial score (nSPS) is 18.7. The van der Waals surface area contributed by atoms with Crippen LogP contribution >= 0.6 is 0 Å². The lowest BCUT2D eigenvalue weighted by Gasteiger charge is -2.23. The summed E-state index contributed by atoms with van der Waals surface area (Å²) in [6.45, 7) is 3.97. The van der Waals surface area contributed by atoms with E-state index >= 15 is 0 Å². The maximum absolute atomic E-state index is 11.8. The van der Waals surface area contributed by atoms with Gasteiger partial charge in [0.2, 0.25) is 5.91 Å². The van der Waals surface area contributed by atoms with E-state index in [2.05, 4.69) is 5.32 Å². The fraction of sp³-hybridized carbons (Fsp3) is 0.933. The van der Waals surface area contributed by atoms with Crippen LogP contribution in [-0.2, 0) is 9.53 Å². The van der Waals surface area contributed by atoms with Gasteiger partial charge in [0.05, 0.1) is 18.8 Å². The summed E-state index contributed by atoms with van der Waals surface area (Å²) >= 11 is 0. The van der Waals surface area contributed by atoms with E-state index in [4.69, 9.17) is 9.84 Å². The van der Waals surface area contributed by atoms with Crippen molar-refractivity contribution in [1.82, 2.24) is 5.32 Å². The molecule has 1 saturated carbocycles. The molecule has 19 heavy (non-hydrogen) atoms.